The Morgan fingerprint density at radius 3 is 1.92 bits per heavy atom. The van der Waals surface area contributed by atoms with Crippen molar-refractivity contribution in [3.63, 3.8) is 0 Å². The lowest BCUT2D eigenvalue weighted by atomic mass is 9.78. The molecule has 0 amide bonds. The highest BCUT2D eigenvalue weighted by Crippen LogP contribution is 2.43. The second kappa shape index (κ2) is 17.1. The topological polar surface area (TPSA) is 38.7 Å². The Labute approximate surface area is 315 Å². The zero-order valence-corrected chi connectivity index (χ0v) is 33.2. The molecule has 0 bridgehead atoms. The highest BCUT2D eigenvalue weighted by Gasteiger charge is 2.30. The molecule has 2 aliphatic rings. The SMILES string of the molecule is CC(C)CC(c1ccc(OC(Cc2cccc3c2-c2ccccc2C3)OC2CCC(c3cc(C(CC(C)C)C(C)C)ccc3O)CC2)cc1)C(C)C. The van der Waals surface area contributed by atoms with E-state index in [0.717, 1.165) is 43.4 Å². The molecule has 1 saturated carbocycles. The number of fused-ring (bicyclic) bond motifs is 3. The van der Waals surface area contributed by atoms with Crippen LogP contribution in [0.3, 0.4) is 0 Å². The molecule has 3 atom stereocenters. The van der Waals surface area contributed by atoms with E-state index in [1.165, 1.54) is 51.8 Å². The summed E-state index contributed by atoms with van der Waals surface area (Å²) in [7, 11) is 0. The van der Waals surface area contributed by atoms with Gasteiger partial charge in [-0.1, -0.05) is 122 Å². The third kappa shape index (κ3) is 9.14. The van der Waals surface area contributed by atoms with Gasteiger partial charge in [-0.2, -0.15) is 0 Å². The van der Waals surface area contributed by atoms with Crippen LogP contribution in [0.25, 0.3) is 11.1 Å². The first kappa shape index (κ1) is 38.2. The molecule has 1 N–H and O–H groups in total. The second-order valence-electron chi connectivity index (χ2n) is 17.5. The van der Waals surface area contributed by atoms with Gasteiger partial charge < -0.3 is 14.6 Å². The predicted octanol–water partition coefficient (Wildman–Crippen LogP) is 13.2. The zero-order chi connectivity index (χ0) is 36.9. The highest BCUT2D eigenvalue weighted by atomic mass is 16.7. The van der Waals surface area contributed by atoms with Crippen molar-refractivity contribution in [1.29, 1.82) is 0 Å². The van der Waals surface area contributed by atoms with Gasteiger partial charge in [0.2, 0.25) is 6.29 Å². The van der Waals surface area contributed by atoms with Crippen molar-refractivity contribution in [2.24, 2.45) is 23.7 Å². The molecule has 3 nitrogen and oxygen atoms in total. The van der Waals surface area contributed by atoms with Crippen molar-refractivity contribution in [3.8, 4) is 22.6 Å². The molecule has 0 heterocycles. The maximum atomic E-state index is 11.1. The minimum Gasteiger partial charge on any atom is -0.508 e. The molecule has 0 aliphatic heterocycles. The molecule has 278 valence electrons. The van der Waals surface area contributed by atoms with Gasteiger partial charge in [0.15, 0.2) is 0 Å². The van der Waals surface area contributed by atoms with Gasteiger partial charge in [-0.25, -0.2) is 0 Å². The minimum absolute atomic E-state index is 0.107. The highest BCUT2D eigenvalue weighted by molar-refractivity contribution is 5.79. The van der Waals surface area contributed by atoms with Gasteiger partial charge in [0.25, 0.3) is 0 Å². The zero-order valence-electron chi connectivity index (χ0n) is 33.2. The van der Waals surface area contributed by atoms with Gasteiger partial charge in [-0.15, -0.1) is 0 Å². The molecular formula is C49H64O3. The van der Waals surface area contributed by atoms with Crippen molar-refractivity contribution in [1.82, 2.24) is 0 Å². The van der Waals surface area contributed by atoms with Crippen molar-refractivity contribution in [3.05, 3.63) is 118 Å². The predicted molar refractivity (Wildman–Crippen MR) is 218 cm³/mol. The van der Waals surface area contributed by atoms with Gasteiger partial charge in [-0.3, -0.25) is 0 Å². The Morgan fingerprint density at radius 1 is 0.654 bits per heavy atom. The average Bonchev–Trinajstić information content (AvgIpc) is 3.50. The fraction of sp³-hybridized carbons (Fsp3) is 0.510. The molecule has 52 heavy (non-hydrogen) atoms. The number of hydrogen-bond donors (Lipinski definition) is 1. The van der Waals surface area contributed by atoms with Gasteiger partial charge in [0, 0.05) is 6.42 Å². The smallest absolute Gasteiger partial charge is 0.204 e. The molecule has 0 aromatic heterocycles. The quantitative estimate of drug-likeness (QED) is 0.111. The summed E-state index contributed by atoms with van der Waals surface area (Å²) in [5, 5.41) is 11.1. The number of phenolic OH excluding ortho intramolecular Hbond substituents is 1. The van der Waals surface area contributed by atoms with Gasteiger partial charge in [0.1, 0.15) is 11.5 Å². The van der Waals surface area contributed by atoms with E-state index in [9.17, 15) is 5.11 Å². The van der Waals surface area contributed by atoms with Crippen LogP contribution in [0.2, 0.25) is 0 Å². The normalized spacial score (nSPS) is 18.8. The Balaban J connectivity index is 1.20. The number of benzene rings is 4. The van der Waals surface area contributed by atoms with Crippen LogP contribution in [0, 0.1) is 23.7 Å². The van der Waals surface area contributed by atoms with E-state index in [4.69, 9.17) is 9.47 Å². The van der Waals surface area contributed by atoms with E-state index >= 15 is 0 Å². The maximum Gasteiger partial charge on any atom is 0.204 e. The van der Waals surface area contributed by atoms with Crippen molar-refractivity contribution in [2.75, 3.05) is 0 Å². The largest absolute Gasteiger partial charge is 0.508 e. The molecule has 3 unspecified atom stereocenters. The van der Waals surface area contributed by atoms with E-state index in [0.29, 0.717) is 53.6 Å². The lowest BCUT2D eigenvalue weighted by Gasteiger charge is -2.33. The van der Waals surface area contributed by atoms with Crippen LogP contribution in [0.4, 0.5) is 0 Å². The van der Waals surface area contributed by atoms with Crippen LogP contribution in [0.1, 0.15) is 145 Å². The first-order valence-corrected chi connectivity index (χ1v) is 20.4. The summed E-state index contributed by atoms with van der Waals surface area (Å²) < 4.78 is 13.8. The van der Waals surface area contributed by atoms with Crippen LogP contribution in [0.15, 0.2) is 84.9 Å². The maximum absolute atomic E-state index is 11.1. The fourth-order valence-corrected chi connectivity index (χ4v) is 9.14. The summed E-state index contributed by atoms with van der Waals surface area (Å²) in [6.45, 7) is 18.6. The molecule has 4 aromatic rings. The van der Waals surface area contributed by atoms with Gasteiger partial charge in [-0.05, 0) is 149 Å². The third-order valence-corrected chi connectivity index (χ3v) is 11.9. The van der Waals surface area contributed by atoms with E-state index in [1.54, 1.807) is 0 Å². The molecule has 4 aromatic carbocycles. The standard InChI is InChI=1S/C49H64O3/c1-31(2)26-44(33(5)6)35-16-21-41(22-17-35)51-48(30-40-14-11-13-39-28-37-12-9-10-15-43(37)49(39)40)52-42-23-18-36(19-24-42)46-29-38(20-25-47(46)50)45(34(7)8)27-32(3)4/h9-17,20-22,25,29,31-34,36,42,44-45,48,50H,18-19,23-24,26-28,30H2,1-8H3. The first-order valence-electron chi connectivity index (χ1n) is 20.4. The Morgan fingerprint density at radius 2 is 1.27 bits per heavy atom. The molecule has 3 heteroatoms. The van der Waals surface area contributed by atoms with E-state index < -0.39 is 6.29 Å². The molecule has 1 fully saturated rings. The van der Waals surface area contributed by atoms with Crippen LogP contribution in [-0.2, 0) is 17.6 Å². The number of aromatic hydroxyl groups is 1. The Hall–Kier alpha value is -3.56. The molecule has 0 spiro atoms. The monoisotopic (exact) mass is 700 g/mol. The summed E-state index contributed by atoms with van der Waals surface area (Å²) >= 11 is 0. The summed E-state index contributed by atoms with van der Waals surface area (Å²) in [5.41, 5.74) is 10.7. The third-order valence-electron chi connectivity index (χ3n) is 11.9. The number of rotatable bonds is 15. The van der Waals surface area contributed by atoms with Crippen LogP contribution < -0.4 is 4.74 Å². The van der Waals surface area contributed by atoms with Crippen molar-refractivity contribution >= 4 is 0 Å². The van der Waals surface area contributed by atoms with E-state index in [-0.39, 0.29) is 6.10 Å². The first-order chi connectivity index (χ1) is 25.0. The summed E-state index contributed by atoms with van der Waals surface area (Å²) in [6, 6.07) is 30.8. The molecule has 0 saturated heterocycles. The van der Waals surface area contributed by atoms with Crippen molar-refractivity contribution in [2.45, 2.75) is 137 Å². The fourth-order valence-electron chi connectivity index (χ4n) is 9.14. The van der Waals surface area contributed by atoms with Crippen LogP contribution in [0.5, 0.6) is 11.5 Å². The van der Waals surface area contributed by atoms with Crippen LogP contribution >= 0.6 is 0 Å². The Kier molecular flexibility index (Phi) is 12.5. The number of hydrogen-bond acceptors (Lipinski definition) is 3. The minimum atomic E-state index is -0.400. The summed E-state index contributed by atoms with van der Waals surface area (Å²) in [5.74, 6) is 5.13. The number of ether oxygens (including phenoxy) is 2. The number of phenols is 1. The lowest BCUT2D eigenvalue weighted by molar-refractivity contribution is -0.128. The molecule has 2 aliphatic carbocycles. The molecular weight excluding hydrogens is 637 g/mol. The van der Waals surface area contributed by atoms with Crippen molar-refractivity contribution < 1.29 is 14.6 Å². The van der Waals surface area contributed by atoms with E-state index in [2.05, 4.69) is 134 Å². The lowest BCUT2D eigenvalue weighted by Crippen LogP contribution is -2.31. The Bertz CT molecular complexity index is 1740. The second-order valence-corrected chi connectivity index (χ2v) is 17.5. The molecule has 0 radical (unpaired) electrons. The average molecular weight is 701 g/mol. The molecule has 6 rings (SSSR count). The summed E-state index contributed by atoms with van der Waals surface area (Å²) in [4.78, 5) is 0. The van der Waals surface area contributed by atoms with Gasteiger partial charge >= 0.3 is 0 Å². The van der Waals surface area contributed by atoms with E-state index in [1.807, 2.05) is 6.07 Å². The summed E-state index contributed by atoms with van der Waals surface area (Å²) in [6.07, 6.45) is 7.63. The van der Waals surface area contributed by atoms with Gasteiger partial charge in [0.05, 0.1) is 6.10 Å². The van der Waals surface area contributed by atoms with Crippen LogP contribution in [-0.4, -0.2) is 17.5 Å².